The summed E-state index contributed by atoms with van der Waals surface area (Å²) in [4.78, 5) is 37.8. The lowest BCUT2D eigenvalue weighted by atomic mass is 10.0. The van der Waals surface area contributed by atoms with E-state index in [1.165, 1.54) is 116 Å². The van der Waals surface area contributed by atoms with Gasteiger partial charge in [-0.3, -0.25) is 14.4 Å². The fourth-order valence-electron chi connectivity index (χ4n) is 8.11. The number of allylic oxidation sites excluding steroid dienone is 18. The van der Waals surface area contributed by atoms with Crippen molar-refractivity contribution in [1.82, 2.24) is 0 Å². The van der Waals surface area contributed by atoms with Gasteiger partial charge in [0.05, 0.1) is 0 Å². The third-order valence-corrected chi connectivity index (χ3v) is 12.5. The van der Waals surface area contributed by atoms with Gasteiger partial charge in [-0.25, -0.2) is 0 Å². The first kappa shape index (κ1) is 68.1. The zero-order valence-electron chi connectivity index (χ0n) is 46.9. The van der Waals surface area contributed by atoms with E-state index in [4.69, 9.17) is 14.2 Å². The average molecular weight is 1000 g/mol. The molecule has 0 heterocycles. The smallest absolute Gasteiger partial charge is 0.306 e. The van der Waals surface area contributed by atoms with Crippen molar-refractivity contribution in [2.75, 3.05) is 13.2 Å². The van der Waals surface area contributed by atoms with Crippen LogP contribution in [0.4, 0.5) is 0 Å². The van der Waals surface area contributed by atoms with Crippen LogP contribution in [0.2, 0.25) is 0 Å². The summed E-state index contributed by atoms with van der Waals surface area (Å²) in [6, 6.07) is 0. The highest BCUT2D eigenvalue weighted by Gasteiger charge is 2.19. The number of hydrogen-bond donors (Lipinski definition) is 0. The molecule has 72 heavy (non-hydrogen) atoms. The van der Waals surface area contributed by atoms with Crippen molar-refractivity contribution >= 4 is 17.9 Å². The molecule has 0 spiro atoms. The number of carbonyl (C=O) groups excluding carboxylic acids is 3. The summed E-state index contributed by atoms with van der Waals surface area (Å²) in [7, 11) is 0. The second-order valence-corrected chi connectivity index (χ2v) is 19.5. The van der Waals surface area contributed by atoms with Gasteiger partial charge in [0, 0.05) is 19.3 Å². The van der Waals surface area contributed by atoms with Crippen LogP contribution in [-0.4, -0.2) is 37.2 Å². The third-order valence-electron chi connectivity index (χ3n) is 12.5. The Balaban J connectivity index is 4.02. The normalized spacial score (nSPS) is 12.9. The molecule has 0 aliphatic rings. The number of ether oxygens (including phenoxy) is 3. The molecule has 0 saturated carbocycles. The summed E-state index contributed by atoms with van der Waals surface area (Å²) in [5.74, 6) is -0.943. The highest BCUT2D eigenvalue weighted by atomic mass is 16.6. The van der Waals surface area contributed by atoms with Gasteiger partial charge in [0.25, 0.3) is 0 Å². The Hall–Kier alpha value is -3.93. The zero-order valence-corrected chi connectivity index (χ0v) is 46.9. The number of esters is 3. The minimum atomic E-state index is -0.795. The lowest BCUT2D eigenvalue weighted by Gasteiger charge is -2.18. The van der Waals surface area contributed by atoms with Gasteiger partial charge in [-0.2, -0.15) is 0 Å². The van der Waals surface area contributed by atoms with Gasteiger partial charge in [-0.1, -0.05) is 259 Å². The van der Waals surface area contributed by atoms with Gasteiger partial charge in [0.15, 0.2) is 6.10 Å². The average Bonchev–Trinajstić information content (AvgIpc) is 3.38. The molecule has 1 unspecified atom stereocenters. The predicted molar refractivity (Wildman–Crippen MR) is 311 cm³/mol. The molecule has 0 fully saturated rings. The van der Waals surface area contributed by atoms with Crippen molar-refractivity contribution in [2.45, 2.75) is 277 Å². The van der Waals surface area contributed by atoms with E-state index in [-0.39, 0.29) is 37.5 Å². The molecule has 410 valence electrons. The van der Waals surface area contributed by atoms with Crippen LogP contribution in [0.3, 0.4) is 0 Å². The second kappa shape index (κ2) is 59.6. The Morgan fingerprint density at radius 1 is 0.292 bits per heavy atom. The van der Waals surface area contributed by atoms with Crippen LogP contribution in [0.25, 0.3) is 0 Å². The summed E-state index contributed by atoms with van der Waals surface area (Å²) < 4.78 is 16.7. The molecule has 1 atom stereocenters. The summed E-state index contributed by atoms with van der Waals surface area (Å²) in [6.45, 7) is 6.32. The van der Waals surface area contributed by atoms with E-state index in [0.717, 1.165) is 109 Å². The van der Waals surface area contributed by atoms with Crippen LogP contribution in [0.5, 0.6) is 0 Å². The summed E-state index contributed by atoms with van der Waals surface area (Å²) in [5.41, 5.74) is 0. The quantitative estimate of drug-likeness (QED) is 0.0261. The first-order valence-corrected chi connectivity index (χ1v) is 29.9. The molecule has 0 aromatic carbocycles. The van der Waals surface area contributed by atoms with Crippen molar-refractivity contribution in [2.24, 2.45) is 0 Å². The molecule has 0 aromatic rings. The summed E-state index contributed by atoms with van der Waals surface area (Å²) in [5, 5.41) is 0. The predicted octanol–water partition coefficient (Wildman–Crippen LogP) is 20.3. The molecule has 0 radical (unpaired) electrons. The Labute approximate surface area is 444 Å². The lowest BCUT2D eigenvalue weighted by Crippen LogP contribution is -2.30. The number of unbranched alkanes of at least 4 members (excludes halogenated alkanes) is 24. The van der Waals surface area contributed by atoms with Crippen molar-refractivity contribution < 1.29 is 28.6 Å². The maximum atomic E-state index is 12.8. The third kappa shape index (κ3) is 57.0. The van der Waals surface area contributed by atoms with Crippen LogP contribution in [0.1, 0.15) is 271 Å². The van der Waals surface area contributed by atoms with Crippen molar-refractivity contribution in [1.29, 1.82) is 0 Å². The highest BCUT2D eigenvalue weighted by molar-refractivity contribution is 5.71. The van der Waals surface area contributed by atoms with Crippen LogP contribution in [0.15, 0.2) is 109 Å². The van der Waals surface area contributed by atoms with Gasteiger partial charge in [0.1, 0.15) is 13.2 Å². The van der Waals surface area contributed by atoms with E-state index in [0.29, 0.717) is 19.3 Å². The molecule has 0 aliphatic carbocycles. The van der Waals surface area contributed by atoms with Crippen LogP contribution < -0.4 is 0 Å². The standard InChI is InChI=1S/C66H110O6/c1-4-7-10-13-16-18-20-22-24-25-26-27-28-29-30-31-32-33-34-35-36-37-38-39-40-41-43-44-46-48-50-53-56-59-65(68)71-62-63(61-70-64(67)58-55-52-15-12-9-6-3)72-66(69)60-57-54-51-49-47-45-42-23-21-19-17-14-11-8-5-2/h7-8,10-11,16-19,22-24,26-27,29-30,42,47,49,63H,4-6,9,12-15,20-21,25,28,31-41,43-46,48,50-62H2,1-3H3/b10-7-,11-8-,18-16-,19-17-,24-22-,27-26-,30-29-,42-23-,49-47-. The monoisotopic (exact) mass is 999 g/mol. The molecule has 0 aliphatic heterocycles. The zero-order chi connectivity index (χ0) is 52.2. The molecule has 0 aromatic heterocycles. The molecule has 0 saturated heterocycles. The number of rotatable bonds is 53. The largest absolute Gasteiger partial charge is 0.462 e. The fourth-order valence-corrected chi connectivity index (χ4v) is 8.11. The van der Waals surface area contributed by atoms with Gasteiger partial charge in [-0.15, -0.1) is 0 Å². The Bertz CT molecular complexity index is 1470. The number of hydrogen-bond acceptors (Lipinski definition) is 6. The minimum absolute atomic E-state index is 0.0930. The van der Waals surface area contributed by atoms with E-state index < -0.39 is 6.10 Å². The molecule has 6 heteroatoms. The lowest BCUT2D eigenvalue weighted by molar-refractivity contribution is -0.167. The Morgan fingerprint density at radius 3 is 0.875 bits per heavy atom. The SMILES string of the molecule is CC/C=C\C/C=C\C/C=C\C/C=C\C/C=C\CCCCCCCCCCCCCCCCCCCC(=O)OCC(COC(=O)CCCCCCCC)OC(=O)CCCC/C=C\C/C=C\C/C=C\C/C=C\CC. The van der Waals surface area contributed by atoms with E-state index >= 15 is 0 Å². The molecule has 0 amide bonds. The Kier molecular flexibility index (Phi) is 56.4. The van der Waals surface area contributed by atoms with Crippen molar-refractivity contribution in [3.63, 3.8) is 0 Å². The maximum absolute atomic E-state index is 12.8. The molecule has 0 bridgehead atoms. The summed E-state index contributed by atoms with van der Waals surface area (Å²) >= 11 is 0. The van der Waals surface area contributed by atoms with Gasteiger partial charge in [-0.05, 0) is 103 Å². The fraction of sp³-hybridized carbons (Fsp3) is 0.682. The second-order valence-electron chi connectivity index (χ2n) is 19.5. The topological polar surface area (TPSA) is 78.9 Å². The highest BCUT2D eigenvalue weighted by Crippen LogP contribution is 2.16. The van der Waals surface area contributed by atoms with E-state index in [1.54, 1.807) is 0 Å². The molecule has 0 rings (SSSR count). The molecule has 6 nitrogen and oxygen atoms in total. The van der Waals surface area contributed by atoms with Gasteiger partial charge in [0.2, 0.25) is 0 Å². The summed E-state index contributed by atoms with van der Waals surface area (Å²) in [6.07, 6.45) is 81.4. The Morgan fingerprint density at radius 2 is 0.542 bits per heavy atom. The van der Waals surface area contributed by atoms with Crippen molar-refractivity contribution in [3.8, 4) is 0 Å². The van der Waals surface area contributed by atoms with Crippen molar-refractivity contribution in [3.05, 3.63) is 109 Å². The maximum Gasteiger partial charge on any atom is 0.306 e. The molecule has 0 N–H and O–H groups in total. The van der Waals surface area contributed by atoms with E-state index in [2.05, 4.69) is 130 Å². The number of carbonyl (C=O) groups is 3. The molecular formula is C66H110O6. The minimum Gasteiger partial charge on any atom is -0.462 e. The van der Waals surface area contributed by atoms with Gasteiger partial charge >= 0.3 is 17.9 Å². The van der Waals surface area contributed by atoms with Crippen LogP contribution >= 0.6 is 0 Å². The van der Waals surface area contributed by atoms with E-state index in [1.807, 2.05) is 0 Å². The first-order chi connectivity index (χ1) is 35.5. The van der Waals surface area contributed by atoms with Gasteiger partial charge < -0.3 is 14.2 Å². The van der Waals surface area contributed by atoms with Crippen LogP contribution in [-0.2, 0) is 28.6 Å². The molecular weight excluding hydrogens is 889 g/mol. The van der Waals surface area contributed by atoms with E-state index in [9.17, 15) is 14.4 Å². The first-order valence-electron chi connectivity index (χ1n) is 29.9. The van der Waals surface area contributed by atoms with Crippen LogP contribution in [0, 0.1) is 0 Å².